The van der Waals surface area contributed by atoms with Crippen molar-refractivity contribution in [2.24, 2.45) is 14.1 Å². The van der Waals surface area contributed by atoms with Gasteiger partial charge in [-0.05, 0) is 25.1 Å². The van der Waals surface area contributed by atoms with Crippen molar-refractivity contribution < 1.29 is 26.7 Å². The Morgan fingerprint density at radius 3 is 2.69 bits per heavy atom. The Labute approximate surface area is 183 Å². The molecule has 12 heteroatoms. The molecule has 9 nitrogen and oxygen atoms in total. The molecule has 1 atom stereocenters. The molecule has 0 bridgehead atoms. The minimum absolute atomic E-state index is 0.0124. The summed E-state index contributed by atoms with van der Waals surface area (Å²) in [5.74, 6) is -3.03. The predicted octanol–water partition coefficient (Wildman–Crippen LogP) is 1.96. The van der Waals surface area contributed by atoms with E-state index in [1.54, 1.807) is 30.9 Å². The highest BCUT2D eigenvalue weighted by Gasteiger charge is 2.40. The smallest absolute Gasteiger partial charge is 0.276 e. The van der Waals surface area contributed by atoms with Gasteiger partial charge >= 0.3 is 0 Å². The fraction of sp³-hybridized carbons (Fsp3) is 0.300. The summed E-state index contributed by atoms with van der Waals surface area (Å²) in [5, 5.41) is 6.73. The topological polar surface area (TPSA) is 107 Å². The number of ether oxygens (including phenoxy) is 1. The number of carbonyl (C=O) groups excluding carboxylic acids is 1. The highest BCUT2D eigenvalue weighted by molar-refractivity contribution is 7.89. The molecule has 2 aromatic heterocycles. The van der Waals surface area contributed by atoms with Crippen molar-refractivity contribution in [2.75, 3.05) is 11.9 Å². The molecule has 2 N–H and O–H groups in total. The van der Waals surface area contributed by atoms with Gasteiger partial charge in [0.15, 0.2) is 23.1 Å². The highest BCUT2D eigenvalue weighted by atomic mass is 32.2. The van der Waals surface area contributed by atoms with Crippen LogP contribution >= 0.6 is 0 Å². The molecule has 3 aromatic rings. The summed E-state index contributed by atoms with van der Waals surface area (Å²) >= 11 is 0. The quantitative estimate of drug-likeness (QED) is 0.613. The fourth-order valence-corrected chi connectivity index (χ4v) is 5.21. The van der Waals surface area contributed by atoms with Crippen LogP contribution < -0.4 is 14.8 Å². The third kappa shape index (κ3) is 4.10. The molecular weight excluding hydrogens is 444 g/mol. The molecule has 4 rings (SSSR count). The third-order valence-corrected chi connectivity index (χ3v) is 6.67. The molecule has 3 heterocycles. The van der Waals surface area contributed by atoms with Crippen molar-refractivity contribution >= 4 is 21.6 Å². The number of fused-ring (bicyclic) bond motifs is 1. The first-order valence-electron chi connectivity index (χ1n) is 9.58. The van der Waals surface area contributed by atoms with Crippen LogP contribution in [-0.4, -0.2) is 40.8 Å². The van der Waals surface area contributed by atoms with E-state index in [1.165, 1.54) is 23.9 Å². The third-order valence-electron chi connectivity index (χ3n) is 5.04. The number of carbonyl (C=O) groups is 1. The first-order chi connectivity index (χ1) is 15.0. The summed E-state index contributed by atoms with van der Waals surface area (Å²) in [6.45, 7) is 1.62. The second-order valence-corrected chi connectivity index (χ2v) is 9.63. The van der Waals surface area contributed by atoms with Gasteiger partial charge in [-0.25, -0.2) is 21.9 Å². The van der Waals surface area contributed by atoms with Crippen LogP contribution in [0, 0.1) is 11.6 Å². The van der Waals surface area contributed by atoms with E-state index in [9.17, 15) is 22.0 Å². The summed E-state index contributed by atoms with van der Waals surface area (Å²) in [5.41, 5.74) is -0.411. The molecule has 0 fully saturated rings. The minimum Gasteiger partial charge on any atom is -0.488 e. The summed E-state index contributed by atoms with van der Waals surface area (Å²) in [6, 6.07) is 4.68. The Morgan fingerprint density at radius 2 is 2.03 bits per heavy atom. The zero-order valence-electron chi connectivity index (χ0n) is 17.5. The second kappa shape index (κ2) is 7.71. The maximum Gasteiger partial charge on any atom is 0.276 e. The van der Waals surface area contributed by atoms with Crippen LogP contribution in [0.15, 0.2) is 41.6 Å². The van der Waals surface area contributed by atoms with Gasteiger partial charge in [0.1, 0.15) is 11.5 Å². The van der Waals surface area contributed by atoms with Crippen LogP contribution in [0.25, 0.3) is 0 Å². The van der Waals surface area contributed by atoms with Crippen LogP contribution in [0.4, 0.5) is 14.5 Å². The van der Waals surface area contributed by atoms with Crippen molar-refractivity contribution in [2.45, 2.75) is 23.8 Å². The highest BCUT2D eigenvalue weighted by Crippen LogP contribution is 2.35. The predicted molar refractivity (Wildman–Crippen MR) is 111 cm³/mol. The number of benzene rings is 1. The van der Waals surface area contributed by atoms with E-state index in [-0.39, 0.29) is 35.1 Å². The number of aryl methyl sites for hydroxylation is 2. The zero-order chi connectivity index (χ0) is 23.3. The molecule has 0 spiro atoms. The molecule has 1 aromatic carbocycles. The Kier molecular flexibility index (Phi) is 5.29. The van der Waals surface area contributed by atoms with Crippen molar-refractivity contribution in [3.05, 3.63) is 59.7 Å². The molecule has 1 unspecified atom stereocenters. The molecule has 32 heavy (non-hydrogen) atoms. The molecule has 170 valence electrons. The van der Waals surface area contributed by atoms with Gasteiger partial charge in [-0.1, -0.05) is 0 Å². The number of aromatic nitrogens is 3. The van der Waals surface area contributed by atoms with E-state index in [2.05, 4.69) is 15.1 Å². The zero-order valence-corrected chi connectivity index (χ0v) is 18.3. The van der Waals surface area contributed by atoms with Crippen LogP contribution in [0.5, 0.6) is 5.75 Å². The number of anilines is 1. The average molecular weight is 465 g/mol. The molecular formula is C20H21F2N5O4S. The van der Waals surface area contributed by atoms with E-state index in [4.69, 9.17) is 4.74 Å². The fourth-order valence-electron chi connectivity index (χ4n) is 3.62. The molecule has 0 saturated carbocycles. The van der Waals surface area contributed by atoms with Gasteiger partial charge in [0.05, 0.1) is 11.2 Å². The Balaban J connectivity index is 1.65. The van der Waals surface area contributed by atoms with Gasteiger partial charge in [-0.2, -0.15) is 5.10 Å². The maximum atomic E-state index is 13.5. The number of rotatable bonds is 4. The molecule has 1 amide bonds. The van der Waals surface area contributed by atoms with Crippen LogP contribution in [-0.2, 0) is 30.5 Å². The molecule has 0 aliphatic carbocycles. The summed E-state index contributed by atoms with van der Waals surface area (Å²) in [4.78, 5) is 12.7. The molecule has 1 aliphatic heterocycles. The SMILES string of the molecule is Cn1ccc(CC2(C)COc3c(cn(C)c3C(=O)Nc3ccc(F)c(F)c3)S(=O)(=O)N2)n1. The lowest BCUT2D eigenvalue weighted by atomic mass is 9.98. The van der Waals surface area contributed by atoms with Crippen molar-refractivity contribution in [1.29, 1.82) is 0 Å². The van der Waals surface area contributed by atoms with Gasteiger partial charge in [-0.3, -0.25) is 9.48 Å². The summed E-state index contributed by atoms with van der Waals surface area (Å²) in [7, 11) is -0.796. The Morgan fingerprint density at radius 1 is 1.28 bits per heavy atom. The second-order valence-electron chi connectivity index (χ2n) is 7.98. The number of nitrogens with zero attached hydrogens (tertiary/aromatic N) is 3. The number of sulfonamides is 1. The van der Waals surface area contributed by atoms with Gasteiger partial charge in [0.2, 0.25) is 10.0 Å². The lowest BCUT2D eigenvalue weighted by Crippen LogP contribution is -2.50. The van der Waals surface area contributed by atoms with Gasteiger partial charge in [-0.15, -0.1) is 0 Å². The van der Waals surface area contributed by atoms with Crippen LogP contribution in [0.3, 0.4) is 0 Å². The van der Waals surface area contributed by atoms with Crippen LogP contribution in [0.2, 0.25) is 0 Å². The van der Waals surface area contributed by atoms with Gasteiger partial charge in [0.25, 0.3) is 5.91 Å². The lowest BCUT2D eigenvalue weighted by molar-refractivity contribution is 0.101. The van der Waals surface area contributed by atoms with E-state index in [0.29, 0.717) is 5.69 Å². The summed E-state index contributed by atoms with van der Waals surface area (Å²) < 4.78 is 64.2. The van der Waals surface area contributed by atoms with Crippen molar-refractivity contribution in [1.82, 2.24) is 19.1 Å². The van der Waals surface area contributed by atoms with Gasteiger partial charge < -0.3 is 14.6 Å². The van der Waals surface area contributed by atoms with E-state index < -0.39 is 33.1 Å². The Bertz CT molecular complexity index is 1320. The molecule has 0 radical (unpaired) electrons. The minimum atomic E-state index is -4.04. The summed E-state index contributed by atoms with van der Waals surface area (Å²) in [6.07, 6.45) is 3.28. The van der Waals surface area contributed by atoms with Crippen molar-refractivity contribution in [3.8, 4) is 5.75 Å². The molecule has 0 saturated heterocycles. The Hall–Kier alpha value is -3.25. The normalized spacial score (nSPS) is 19.7. The first-order valence-corrected chi connectivity index (χ1v) is 11.1. The van der Waals surface area contributed by atoms with Crippen molar-refractivity contribution in [3.63, 3.8) is 0 Å². The monoisotopic (exact) mass is 465 g/mol. The van der Waals surface area contributed by atoms with E-state index in [1.807, 2.05) is 0 Å². The van der Waals surface area contributed by atoms with Crippen LogP contribution in [0.1, 0.15) is 23.1 Å². The average Bonchev–Trinajstić information content (AvgIpc) is 3.22. The van der Waals surface area contributed by atoms with E-state index in [0.717, 1.165) is 12.1 Å². The number of nitrogens with one attached hydrogen (secondary N) is 2. The molecule has 1 aliphatic rings. The standard InChI is InChI=1S/C20H21F2N5O4S/c1-20(9-13-6-7-27(3)24-13)11-31-18-16(32(29,30)25-20)10-26(2)17(18)19(28)23-12-4-5-14(21)15(22)8-12/h4-8,10,25H,9,11H2,1-3H3,(H,23,28). The largest absolute Gasteiger partial charge is 0.488 e. The number of hydrogen-bond donors (Lipinski definition) is 2. The number of amides is 1. The lowest BCUT2D eigenvalue weighted by Gasteiger charge is -2.27. The number of halogens is 2. The maximum absolute atomic E-state index is 13.5. The first kappa shape index (κ1) is 22.0. The van der Waals surface area contributed by atoms with E-state index >= 15 is 0 Å². The number of hydrogen-bond acceptors (Lipinski definition) is 5. The van der Waals surface area contributed by atoms with Gasteiger partial charge in [0, 0.05) is 44.7 Å².